The Morgan fingerprint density at radius 2 is 2.06 bits per heavy atom. The predicted molar refractivity (Wildman–Crippen MR) is 68.9 cm³/mol. The first-order valence-corrected chi connectivity index (χ1v) is 6.46. The SMILES string of the molecule is C/C1=C\COC(=O)[C@H](C)[C@@H](O)[C@](C)(O)C[C@@H](C)C1. The molecule has 2 N–H and O–H groups in total. The molecular formula is C14H24O4. The van der Waals surface area contributed by atoms with Gasteiger partial charge in [-0.25, -0.2) is 0 Å². The Balaban J connectivity index is 2.94. The third-order valence-electron chi connectivity index (χ3n) is 3.57. The van der Waals surface area contributed by atoms with Gasteiger partial charge in [-0.05, 0) is 45.6 Å². The van der Waals surface area contributed by atoms with Gasteiger partial charge in [0.05, 0.1) is 17.6 Å². The van der Waals surface area contributed by atoms with Crippen LogP contribution in [0.15, 0.2) is 11.6 Å². The summed E-state index contributed by atoms with van der Waals surface area (Å²) in [6, 6.07) is 0. The minimum Gasteiger partial charge on any atom is -0.461 e. The fourth-order valence-corrected chi connectivity index (χ4v) is 2.60. The number of aliphatic hydroxyl groups excluding tert-OH is 1. The lowest BCUT2D eigenvalue weighted by molar-refractivity contribution is -0.160. The summed E-state index contributed by atoms with van der Waals surface area (Å²) < 4.78 is 5.07. The van der Waals surface area contributed by atoms with E-state index in [9.17, 15) is 15.0 Å². The summed E-state index contributed by atoms with van der Waals surface area (Å²) in [6.45, 7) is 7.41. The first kappa shape index (κ1) is 15.2. The molecule has 0 bridgehead atoms. The van der Waals surface area contributed by atoms with Gasteiger partial charge in [0.25, 0.3) is 0 Å². The third-order valence-corrected chi connectivity index (χ3v) is 3.57. The molecule has 1 heterocycles. The molecule has 4 atom stereocenters. The second-order valence-corrected chi connectivity index (χ2v) is 5.78. The molecule has 1 rings (SSSR count). The van der Waals surface area contributed by atoms with Crippen LogP contribution < -0.4 is 0 Å². The number of hydrogen-bond acceptors (Lipinski definition) is 4. The highest BCUT2D eigenvalue weighted by molar-refractivity contribution is 5.73. The average Bonchev–Trinajstić information content (AvgIpc) is 2.25. The maximum Gasteiger partial charge on any atom is 0.311 e. The van der Waals surface area contributed by atoms with Gasteiger partial charge in [-0.1, -0.05) is 12.5 Å². The predicted octanol–water partition coefficient (Wildman–Crippen LogP) is 1.65. The van der Waals surface area contributed by atoms with Gasteiger partial charge in [0.1, 0.15) is 6.61 Å². The molecule has 0 unspecified atom stereocenters. The fraction of sp³-hybridized carbons (Fsp3) is 0.786. The van der Waals surface area contributed by atoms with Crippen LogP contribution in [-0.4, -0.2) is 34.5 Å². The molecule has 0 aliphatic carbocycles. The van der Waals surface area contributed by atoms with Gasteiger partial charge in [-0.3, -0.25) is 4.79 Å². The van der Waals surface area contributed by atoms with Crippen molar-refractivity contribution in [2.24, 2.45) is 11.8 Å². The highest BCUT2D eigenvalue weighted by Crippen LogP contribution is 2.29. The zero-order valence-corrected chi connectivity index (χ0v) is 11.6. The van der Waals surface area contributed by atoms with E-state index in [0.29, 0.717) is 6.42 Å². The number of hydrogen-bond donors (Lipinski definition) is 2. The molecule has 1 aliphatic heterocycles. The second kappa shape index (κ2) is 5.85. The van der Waals surface area contributed by atoms with Crippen molar-refractivity contribution in [1.29, 1.82) is 0 Å². The molecule has 4 heteroatoms. The molecule has 0 aromatic rings. The van der Waals surface area contributed by atoms with E-state index in [1.54, 1.807) is 13.8 Å². The number of rotatable bonds is 0. The highest BCUT2D eigenvalue weighted by Gasteiger charge is 2.39. The Hall–Kier alpha value is -0.870. The van der Waals surface area contributed by atoms with E-state index in [1.165, 1.54) is 0 Å². The topological polar surface area (TPSA) is 66.8 Å². The number of aliphatic hydroxyl groups is 2. The van der Waals surface area contributed by atoms with Crippen LogP contribution in [-0.2, 0) is 9.53 Å². The Kier molecular flexibility index (Phi) is 4.93. The molecular weight excluding hydrogens is 232 g/mol. The van der Waals surface area contributed by atoms with Gasteiger partial charge in [0.15, 0.2) is 0 Å². The first-order valence-electron chi connectivity index (χ1n) is 6.46. The minimum absolute atomic E-state index is 0.233. The number of ether oxygens (including phenoxy) is 1. The maximum atomic E-state index is 11.7. The molecule has 0 saturated heterocycles. The molecule has 0 radical (unpaired) electrons. The van der Waals surface area contributed by atoms with E-state index in [-0.39, 0.29) is 12.5 Å². The van der Waals surface area contributed by atoms with Crippen molar-refractivity contribution in [1.82, 2.24) is 0 Å². The van der Waals surface area contributed by atoms with Gasteiger partial charge in [-0.2, -0.15) is 0 Å². The van der Waals surface area contributed by atoms with Crippen molar-refractivity contribution in [3.63, 3.8) is 0 Å². The second-order valence-electron chi connectivity index (χ2n) is 5.78. The van der Waals surface area contributed by atoms with Gasteiger partial charge in [-0.15, -0.1) is 0 Å². The zero-order valence-electron chi connectivity index (χ0n) is 11.6. The standard InChI is InChI=1S/C14H24O4/c1-9-5-6-18-13(16)11(3)12(15)14(4,17)8-10(2)7-9/h5,10-12,15,17H,6-8H2,1-4H3/b9-5+/t10-,11+,12+,14+/m0/s1. The minimum atomic E-state index is -1.28. The van der Waals surface area contributed by atoms with Gasteiger partial charge >= 0.3 is 5.97 Å². The third kappa shape index (κ3) is 3.82. The van der Waals surface area contributed by atoms with Crippen molar-refractivity contribution in [2.45, 2.75) is 52.2 Å². The Bertz CT molecular complexity index is 333. The van der Waals surface area contributed by atoms with Crippen molar-refractivity contribution >= 4 is 5.97 Å². The normalized spacial score (nSPS) is 42.4. The molecule has 0 aromatic heterocycles. The number of allylic oxidation sites excluding steroid dienone is 1. The van der Waals surface area contributed by atoms with Crippen LogP contribution in [0.1, 0.15) is 40.5 Å². The van der Waals surface area contributed by atoms with Crippen molar-refractivity contribution < 1.29 is 19.7 Å². The van der Waals surface area contributed by atoms with E-state index in [2.05, 4.69) is 0 Å². The van der Waals surface area contributed by atoms with E-state index in [0.717, 1.165) is 12.0 Å². The zero-order chi connectivity index (χ0) is 13.9. The molecule has 104 valence electrons. The monoisotopic (exact) mass is 256 g/mol. The quantitative estimate of drug-likeness (QED) is 0.511. The summed E-state index contributed by atoms with van der Waals surface area (Å²) in [6.07, 6.45) is 2.06. The molecule has 0 fully saturated rings. The molecule has 1 aliphatic rings. The van der Waals surface area contributed by atoms with E-state index >= 15 is 0 Å². The number of cyclic esters (lactones) is 1. The van der Waals surface area contributed by atoms with Gasteiger partial charge < -0.3 is 14.9 Å². The van der Waals surface area contributed by atoms with Crippen LogP contribution in [0.2, 0.25) is 0 Å². The summed E-state index contributed by atoms with van der Waals surface area (Å²) >= 11 is 0. The van der Waals surface area contributed by atoms with Crippen LogP contribution in [0.3, 0.4) is 0 Å². The molecule has 0 spiro atoms. The number of carbonyl (C=O) groups excluding carboxylic acids is 1. The number of esters is 1. The molecule has 4 nitrogen and oxygen atoms in total. The van der Waals surface area contributed by atoms with Crippen LogP contribution in [0, 0.1) is 11.8 Å². The van der Waals surface area contributed by atoms with Crippen molar-refractivity contribution in [3.8, 4) is 0 Å². The maximum absolute atomic E-state index is 11.7. The van der Waals surface area contributed by atoms with Crippen LogP contribution >= 0.6 is 0 Å². The largest absolute Gasteiger partial charge is 0.461 e. The van der Waals surface area contributed by atoms with Crippen LogP contribution in [0.4, 0.5) is 0 Å². The summed E-state index contributed by atoms with van der Waals surface area (Å²) in [7, 11) is 0. The Morgan fingerprint density at radius 3 is 2.67 bits per heavy atom. The Labute approximate surface area is 109 Å². The lowest BCUT2D eigenvalue weighted by Crippen LogP contribution is -2.47. The highest BCUT2D eigenvalue weighted by atomic mass is 16.5. The summed E-state index contributed by atoms with van der Waals surface area (Å²) in [5, 5.41) is 20.4. The molecule has 18 heavy (non-hydrogen) atoms. The first-order chi connectivity index (χ1) is 8.24. The van der Waals surface area contributed by atoms with Gasteiger partial charge in [0.2, 0.25) is 0 Å². The summed E-state index contributed by atoms with van der Waals surface area (Å²) in [5.41, 5.74) is -0.141. The lowest BCUT2D eigenvalue weighted by atomic mass is 9.81. The van der Waals surface area contributed by atoms with E-state index in [4.69, 9.17) is 4.74 Å². The molecule has 0 amide bonds. The average molecular weight is 256 g/mol. The summed E-state index contributed by atoms with van der Waals surface area (Å²) in [4.78, 5) is 11.7. The van der Waals surface area contributed by atoms with Crippen LogP contribution in [0.5, 0.6) is 0 Å². The van der Waals surface area contributed by atoms with E-state index < -0.39 is 23.6 Å². The molecule has 0 saturated carbocycles. The summed E-state index contributed by atoms with van der Waals surface area (Å²) in [5.74, 6) is -0.952. The van der Waals surface area contributed by atoms with Crippen LogP contribution in [0.25, 0.3) is 0 Å². The molecule has 0 aromatic carbocycles. The lowest BCUT2D eigenvalue weighted by Gasteiger charge is -2.34. The fourth-order valence-electron chi connectivity index (χ4n) is 2.60. The smallest absolute Gasteiger partial charge is 0.311 e. The van der Waals surface area contributed by atoms with E-state index in [1.807, 2.05) is 19.9 Å². The Morgan fingerprint density at radius 1 is 1.44 bits per heavy atom. The number of carbonyl (C=O) groups is 1. The van der Waals surface area contributed by atoms with Crippen molar-refractivity contribution in [3.05, 3.63) is 11.6 Å². The van der Waals surface area contributed by atoms with Gasteiger partial charge in [0, 0.05) is 0 Å². The van der Waals surface area contributed by atoms with Crippen molar-refractivity contribution in [2.75, 3.05) is 6.61 Å².